The molecule has 0 bridgehead atoms. The van der Waals surface area contributed by atoms with Crippen LogP contribution in [0.1, 0.15) is 19.8 Å². The standard InChI is InChI=1S/C10H12O2/c1-8-2-3-9-10(6-8,7-11)4-5-12-9/h2,4-5,7,9H,3,6H2,1H3. The lowest BCUT2D eigenvalue weighted by molar-refractivity contribution is -0.117. The highest BCUT2D eigenvalue weighted by Gasteiger charge is 2.42. The summed E-state index contributed by atoms with van der Waals surface area (Å²) in [5, 5.41) is 0. The van der Waals surface area contributed by atoms with Crippen LogP contribution in [-0.4, -0.2) is 12.4 Å². The van der Waals surface area contributed by atoms with Crippen LogP contribution in [0.2, 0.25) is 0 Å². The van der Waals surface area contributed by atoms with Gasteiger partial charge in [-0.2, -0.15) is 0 Å². The number of aldehydes is 1. The third kappa shape index (κ3) is 0.909. The van der Waals surface area contributed by atoms with Gasteiger partial charge in [0.1, 0.15) is 12.4 Å². The van der Waals surface area contributed by atoms with E-state index in [1.54, 1.807) is 6.26 Å². The molecule has 0 amide bonds. The number of carbonyl (C=O) groups is 1. The second-order valence-electron chi connectivity index (χ2n) is 3.62. The second-order valence-corrected chi connectivity index (χ2v) is 3.62. The fourth-order valence-corrected chi connectivity index (χ4v) is 1.96. The Balaban J connectivity index is 2.33. The first-order valence-electron chi connectivity index (χ1n) is 4.22. The minimum atomic E-state index is -0.348. The average Bonchev–Trinajstić information content (AvgIpc) is 2.47. The molecule has 1 heterocycles. The molecule has 2 aliphatic rings. The molecule has 0 radical (unpaired) electrons. The lowest BCUT2D eigenvalue weighted by Crippen LogP contribution is -2.35. The summed E-state index contributed by atoms with van der Waals surface area (Å²) in [5.41, 5.74) is 0.937. The van der Waals surface area contributed by atoms with Crippen LogP contribution in [-0.2, 0) is 9.53 Å². The molecule has 0 saturated heterocycles. The molecule has 2 atom stereocenters. The van der Waals surface area contributed by atoms with E-state index in [0.717, 1.165) is 19.1 Å². The fraction of sp³-hybridized carbons (Fsp3) is 0.500. The van der Waals surface area contributed by atoms with Crippen molar-refractivity contribution in [3.8, 4) is 0 Å². The number of ether oxygens (including phenoxy) is 1. The Morgan fingerprint density at radius 1 is 1.75 bits per heavy atom. The average molecular weight is 164 g/mol. The Morgan fingerprint density at radius 3 is 3.33 bits per heavy atom. The maximum Gasteiger partial charge on any atom is 0.134 e. The lowest BCUT2D eigenvalue weighted by Gasteiger charge is -2.31. The van der Waals surface area contributed by atoms with Gasteiger partial charge in [0.05, 0.1) is 11.7 Å². The van der Waals surface area contributed by atoms with Gasteiger partial charge in [-0.1, -0.05) is 11.6 Å². The maximum atomic E-state index is 11.0. The van der Waals surface area contributed by atoms with Crippen molar-refractivity contribution in [2.45, 2.75) is 25.9 Å². The monoisotopic (exact) mass is 164 g/mol. The highest BCUT2D eigenvalue weighted by molar-refractivity contribution is 5.66. The van der Waals surface area contributed by atoms with Crippen molar-refractivity contribution in [1.29, 1.82) is 0 Å². The van der Waals surface area contributed by atoms with Crippen LogP contribution in [0, 0.1) is 5.41 Å². The molecule has 0 aromatic rings. The van der Waals surface area contributed by atoms with E-state index < -0.39 is 0 Å². The molecule has 0 aromatic heterocycles. The van der Waals surface area contributed by atoms with E-state index in [0.29, 0.717) is 0 Å². The van der Waals surface area contributed by atoms with Crippen molar-refractivity contribution in [2.75, 3.05) is 0 Å². The first-order valence-corrected chi connectivity index (χ1v) is 4.22. The van der Waals surface area contributed by atoms with Gasteiger partial charge >= 0.3 is 0 Å². The predicted molar refractivity (Wildman–Crippen MR) is 45.5 cm³/mol. The van der Waals surface area contributed by atoms with Crippen molar-refractivity contribution in [2.24, 2.45) is 5.41 Å². The summed E-state index contributed by atoms with van der Waals surface area (Å²) in [5.74, 6) is 0. The molecule has 12 heavy (non-hydrogen) atoms. The molecular formula is C10H12O2. The number of allylic oxidation sites excluding steroid dienone is 1. The van der Waals surface area contributed by atoms with E-state index >= 15 is 0 Å². The molecule has 0 aromatic carbocycles. The molecule has 2 heteroatoms. The van der Waals surface area contributed by atoms with Crippen LogP contribution in [0.3, 0.4) is 0 Å². The summed E-state index contributed by atoms with van der Waals surface area (Å²) in [6, 6.07) is 0. The third-order valence-electron chi connectivity index (χ3n) is 2.71. The Morgan fingerprint density at radius 2 is 2.58 bits per heavy atom. The van der Waals surface area contributed by atoms with Crippen molar-refractivity contribution in [3.05, 3.63) is 24.0 Å². The zero-order valence-corrected chi connectivity index (χ0v) is 7.12. The van der Waals surface area contributed by atoms with Gasteiger partial charge in [-0.25, -0.2) is 0 Å². The molecule has 1 aliphatic heterocycles. The summed E-state index contributed by atoms with van der Waals surface area (Å²) in [6.45, 7) is 2.06. The van der Waals surface area contributed by atoms with Crippen molar-refractivity contribution in [1.82, 2.24) is 0 Å². The topological polar surface area (TPSA) is 26.3 Å². The van der Waals surface area contributed by atoms with E-state index in [1.165, 1.54) is 5.57 Å². The Labute approximate surface area is 71.9 Å². The molecule has 0 saturated carbocycles. The van der Waals surface area contributed by atoms with Gasteiger partial charge < -0.3 is 9.53 Å². The molecule has 0 fully saturated rings. The number of hydrogen-bond donors (Lipinski definition) is 0. The first kappa shape index (κ1) is 7.59. The molecule has 2 nitrogen and oxygen atoms in total. The minimum absolute atomic E-state index is 0.0544. The van der Waals surface area contributed by atoms with Gasteiger partial charge in [0, 0.05) is 6.42 Å². The van der Waals surface area contributed by atoms with Gasteiger partial charge in [0.25, 0.3) is 0 Å². The molecule has 0 N–H and O–H groups in total. The van der Waals surface area contributed by atoms with Crippen LogP contribution in [0.5, 0.6) is 0 Å². The van der Waals surface area contributed by atoms with E-state index in [9.17, 15) is 4.79 Å². The molecular weight excluding hydrogens is 152 g/mol. The SMILES string of the molecule is CC1=CCC2OC=CC2(C=O)C1. The molecule has 1 aliphatic carbocycles. The Bertz CT molecular complexity index is 265. The highest BCUT2D eigenvalue weighted by Crippen LogP contribution is 2.41. The van der Waals surface area contributed by atoms with Gasteiger partial charge in [-0.15, -0.1) is 0 Å². The van der Waals surface area contributed by atoms with Crippen LogP contribution in [0.25, 0.3) is 0 Å². The summed E-state index contributed by atoms with van der Waals surface area (Å²) in [6.07, 6.45) is 8.46. The summed E-state index contributed by atoms with van der Waals surface area (Å²) in [4.78, 5) is 11.0. The number of fused-ring (bicyclic) bond motifs is 1. The van der Waals surface area contributed by atoms with E-state index in [2.05, 4.69) is 13.0 Å². The van der Waals surface area contributed by atoms with Gasteiger partial charge in [-0.05, 0) is 19.4 Å². The lowest BCUT2D eigenvalue weighted by atomic mass is 9.74. The van der Waals surface area contributed by atoms with Crippen molar-refractivity contribution >= 4 is 6.29 Å². The van der Waals surface area contributed by atoms with E-state index in [1.807, 2.05) is 6.08 Å². The second kappa shape index (κ2) is 2.47. The molecule has 64 valence electrons. The van der Waals surface area contributed by atoms with Gasteiger partial charge in [-0.3, -0.25) is 0 Å². The quantitative estimate of drug-likeness (QED) is 0.436. The summed E-state index contributed by atoms with van der Waals surface area (Å²) >= 11 is 0. The van der Waals surface area contributed by atoms with Gasteiger partial charge in [0.15, 0.2) is 0 Å². The Hall–Kier alpha value is -1.05. The highest BCUT2D eigenvalue weighted by atomic mass is 16.5. The smallest absolute Gasteiger partial charge is 0.134 e. The first-order chi connectivity index (χ1) is 5.77. The normalized spacial score (nSPS) is 38.4. The maximum absolute atomic E-state index is 11.0. The van der Waals surface area contributed by atoms with Crippen LogP contribution < -0.4 is 0 Å². The Kier molecular flexibility index (Phi) is 1.56. The number of carbonyl (C=O) groups excluding carboxylic acids is 1. The zero-order valence-electron chi connectivity index (χ0n) is 7.12. The summed E-state index contributed by atoms with van der Waals surface area (Å²) < 4.78 is 5.34. The van der Waals surface area contributed by atoms with Crippen LogP contribution in [0.4, 0.5) is 0 Å². The third-order valence-corrected chi connectivity index (χ3v) is 2.71. The number of rotatable bonds is 1. The van der Waals surface area contributed by atoms with Crippen LogP contribution >= 0.6 is 0 Å². The van der Waals surface area contributed by atoms with E-state index in [-0.39, 0.29) is 11.5 Å². The zero-order chi connectivity index (χ0) is 8.60. The largest absolute Gasteiger partial charge is 0.497 e. The van der Waals surface area contributed by atoms with E-state index in [4.69, 9.17) is 4.74 Å². The molecule has 0 spiro atoms. The fourth-order valence-electron chi connectivity index (χ4n) is 1.96. The predicted octanol–water partition coefficient (Wildman–Crippen LogP) is 1.82. The van der Waals surface area contributed by atoms with Gasteiger partial charge in [0.2, 0.25) is 0 Å². The number of hydrogen-bond acceptors (Lipinski definition) is 2. The van der Waals surface area contributed by atoms with Crippen LogP contribution in [0.15, 0.2) is 24.0 Å². The molecule has 2 rings (SSSR count). The molecule has 2 unspecified atom stereocenters. The minimum Gasteiger partial charge on any atom is -0.497 e. The van der Waals surface area contributed by atoms with Crippen molar-refractivity contribution < 1.29 is 9.53 Å². The van der Waals surface area contributed by atoms with Crippen molar-refractivity contribution in [3.63, 3.8) is 0 Å². The summed E-state index contributed by atoms with van der Waals surface area (Å²) in [7, 11) is 0.